The van der Waals surface area contributed by atoms with Crippen LogP contribution in [0.5, 0.6) is 0 Å². The van der Waals surface area contributed by atoms with Gasteiger partial charge in [0.1, 0.15) is 11.6 Å². The van der Waals surface area contributed by atoms with Crippen LogP contribution in [-0.2, 0) is 14.9 Å². The van der Waals surface area contributed by atoms with E-state index in [4.69, 9.17) is 4.55 Å². The predicted octanol–water partition coefficient (Wildman–Crippen LogP) is 2.56. The summed E-state index contributed by atoms with van der Waals surface area (Å²) in [5.74, 6) is -4.09. The molecule has 0 spiro atoms. The molecule has 118 valence electrons. The Balaban J connectivity index is 2.98. The molecule has 0 amide bonds. The second kappa shape index (κ2) is 6.28. The third kappa shape index (κ3) is 5.59. The first kappa shape index (κ1) is 17.9. The highest BCUT2D eigenvalue weighted by atomic mass is 79.9. The highest BCUT2D eigenvalue weighted by Gasteiger charge is 2.45. The number of benzene rings is 1. The molecule has 0 heterocycles. The summed E-state index contributed by atoms with van der Waals surface area (Å²) in [5, 5.41) is 0. The van der Waals surface area contributed by atoms with Crippen LogP contribution in [0.2, 0.25) is 0 Å². The first-order valence-electron chi connectivity index (χ1n) is 5.08. The molecule has 0 saturated heterocycles. The van der Waals surface area contributed by atoms with Crippen molar-refractivity contribution in [2.75, 3.05) is 5.75 Å². The standard InChI is InChI=1S/C10H7BrF4O5S/c11-6-3-5(1-2-7(6)12)9(16)20-8(10(13,14)15)4-21(17,18)19/h1-3,8H,4H2,(H,17,18,19). The Bertz CT molecular complexity index is 643. The summed E-state index contributed by atoms with van der Waals surface area (Å²) >= 11 is 2.73. The first-order chi connectivity index (χ1) is 9.40. The third-order valence-electron chi connectivity index (χ3n) is 2.13. The van der Waals surface area contributed by atoms with Crippen molar-refractivity contribution >= 4 is 32.0 Å². The molecule has 11 heteroatoms. The lowest BCUT2D eigenvalue weighted by atomic mass is 10.2. The first-order valence-corrected chi connectivity index (χ1v) is 7.48. The molecule has 5 nitrogen and oxygen atoms in total. The minimum Gasteiger partial charge on any atom is -0.448 e. The molecule has 0 bridgehead atoms. The van der Waals surface area contributed by atoms with E-state index >= 15 is 0 Å². The number of hydrogen-bond acceptors (Lipinski definition) is 4. The molecular formula is C10H7BrF4O5S. The van der Waals surface area contributed by atoms with Crippen molar-refractivity contribution in [2.45, 2.75) is 12.3 Å². The molecule has 0 aliphatic heterocycles. The summed E-state index contributed by atoms with van der Waals surface area (Å²) in [7, 11) is -5.02. The molecular weight excluding hydrogens is 388 g/mol. The van der Waals surface area contributed by atoms with Gasteiger partial charge < -0.3 is 4.74 Å². The third-order valence-corrected chi connectivity index (χ3v) is 3.46. The fourth-order valence-electron chi connectivity index (χ4n) is 1.21. The molecule has 0 radical (unpaired) electrons. The molecule has 1 rings (SSSR count). The summed E-state index contributed by atoms with van der Waals surface area (Å²) in [6.45, 7) is 0. The molecule has 21 heavy (non-hydrogen) atoms. The maximum atomic E-state index is 12.9. The minimum atomic E-state index is -5.19. The summed E-state index contributed by atoms with van der Waals surface area (Å²) in [5.41, 5.74) is -0.423. The van der Waals surface area contributed by atoms with Gasteiger partial charge in [0.25, 0.3) is 10.1 Å². The van der Waals surface area contributed by atoms with Gasteiger partial charge in [0.05, 0.1) is 10.0 Å². The van der Waals surface area contributed by atoms with E-state index in [1.165, 1.54) is 0 Å². The largest absolute Gasteiger partial charge is 0.448 e. The summed E-state index contributed by atoms with van der Waals surface area (Å²) < 4.78 is 83.9. The van der Waals surface area contributed by atoms with Crippen LogP contribution in [0.3, 0.4) is 0 Å². The molecule has 0 fully saturated rings. The van der Waals surface area contributed by atoms with E-state index in [1.807, 2.05) is 0 Å². The van der Waals surface area contributed by atoms with Gasteiger partial charge in [-0.3, -0.25) is 4.55 Å². The van der Waals surface area contributed by atoms with Gasteiger partial charge in [-0.1, -0.05) is 0 Å². The number of rotatable bonds is 4. The van der Waals surface area contributed by atoms with Crippen LogP contribution in [0.15, 0.2) is 22.7 Å². The van der Waals surface area contributed by atoms with E-state index in [-0.39, 0.29) is 4.47 Å². The molecule has 0 aliphatic rings. The van der Waals surface area contributed by atoms with Crippen LogP contribution in [0.1, 0.15) is 10.4 Å². The molecule has 0 aromatic heterocycles. The second-order valence-electron chi connectivity index (χ2n) is 3.81. The summed E-state index contributed by atoms with van der Waals surface area (Å²) in [6.07, 6.45) is -8.23. The molecule has 1 aromatic rings. The van der Waals surface area contributed by atoms with Crippen LogP contribution in [0.25, 0.3) is 0 Å². The normalized spacial score (nSPS) is 13.8. The number of carbonyl (C=O) groups is 1. The van der Waals surface area contributed by atoms with Crippen molar-refractivity contribution in [3.63, 3.8) is 0 Å². The number of carbonyl (C=O) groups excluding carboxylic acids is 1. The Kier molecular flexibility index (Phi) is 5.34. The number of alkyl halides is 3. The van der Waals surface area contributed by atoms with Gasteiger partial charge in [-0.25, -0.2) is 9.18 Å². The van der Waals surface area contributed by atoms with Gasteiger partial charge in [-0.15, -0.1) is 0 Å². The van der Waals surface area contributed by atoms with Crippen molar-refractivity contribution in [3.05, 3.63) is 34.1 Å². The fourth-order valence-corrected chi connectivity index (χ4v) is 2.23. The zero-order valence-electron chi connectivity index (χ0n) is 9.89. The van der Waals surface area contributed by atoms with Gasteiger partial charge in [-0.2, -0.15) is 21.6 Å². The average Bonchev–Trinajstić information content (AvgIpc) is 2.28. The number of esters is 1. The van der Waals surface area contributed by atoms with E-state index in [2.05, 4.69) is 20.7 Å². The Morgan fingerprint density at radius 2 is 1.95 bits per heavy atom. The summed E-state index contributed by atoms with van der Waals surface area (Å²) in [6, 6.07) is 2.55. The van der Waals surface area contributed by atoms with E-state index in [1.54, 1.807) is 0 Å². The Morgan fingerprint density at radius 3 is 2.38 bits per heavy atom. The van der Waals surface area contributed by atoms with E-state index < -0.39 is 45.5 Å². The summed E-state index contributed by atoms with van der Waals surface area (Å²) in [4.78, 5) is 11.5. The Labute approximate surface area is 124 Å². The van der Waals surface area contributed by atoms with Crippen molar-refractivity contribution < 1.29 is 40.1 Å². The maximum absolute atomic E-state index is 12.9. The molecule has 1 atom stereocenters. The van der Waals surface area contributed by atoms with E-state index in [0.29, 0.717) is 0 Å². The smallest absolute Gasteiger partial charge is 0.426 e. The second-order valence-corrected chi connectivity index (χ2v) is 6.16. The lowest BCUT2D eigenvalue weighted by Crippen LogP contribution is -2.39. The molecule has 1 N–H and O–H groups in total. The highest BCUT2D eigenvalue weighted by molar-refractivity contribution is 9.10. The number of halogens is 5. The Morgan fingerprint density at radius 1 is 1.38 bits per heavy atom. The van der Waals surface area contributed by atoms with Gasteiger partial charge >= 0.3 is 12.1 Å². The van der Waals surface area contributed by atoms with Gasteiger partial charge in [0.15, 0.2) is 0 Å². The molecule has 1 unspecified atom stereocenters. The van der Waals surface area contributed by atoms with Crippen molar-refractivity contribution in [1.82, 2.24) is 0 Å². The van der Waals surface area contributed by atoms with Crippen molar-refractivity contribution in [2.24, 2.45) is 0 Å². The number of hydrogen-bond donors (Lipinski definition) is 1. The Hall–Kier alpha value is -1.20. The SMILES string of the molecule is O=C(OC(CS(=O)(=O)O)C(F)(F)F)c1ccc(F)c(Br)c1. The average molecular weight is 395 g/mol. The van der Waals surface area contributed by atoms with E-state index in [0.717, 1.165) is 18.2 Å². The van der Waals surface area contributed by atoms with Crippen LogP contribution in [-0.4, -0.2) is 37.0 Å². The predicted molar refractivity (Wildman–Crippen MR) is 65.8 cm³/mol. The van der Waals surface area contributed by atoms with Crippen molar-refractivity contribution in [1.29, 1.82) is 0 Å². The zero-order chi connectivity index (χ0) is 16.4. The maximum Gasteiger partial charge on any atom is 0.426 e. The van der Waals surface area contributed by atoms with Crippen LogP contribution < -0.4 is 0 Å². The quantitative estimate of drug-likeness (QED) is 0.482. The monoisotopic (exact) mass is 394 g/mol. The van der Waals surface area contributed by atoms with Gasteiger partial charge in [-0.05, 0) is 34.1 Å². The molecule has 0 saturated carbocycles. The lowest BCUT2D eigenvalue weighted by Gasteiger charge is -2.19. The minimum absolute atomic E-state index is 0.185. The van der Waals surface area contributed by atoms with Crippen molar-refractivity contribution in [3.8, 4) is 0 Å². The van der Waals surface area contributed by atoms with Crippen LogP contribution in [0, 0.1) is 5.82 Å². The van der Waals surface area contributed by atoms with E-state index in [9.17, 15) is 30.8 Å². The van der Waals surface area contributed by atoms with Gasteiger partial charge in [0.2, 0.25) is 6.10 Å². The number of ether oxygens (including phenoxy) is 1. The van der Waals surface area contributed by atoms with Crippen LogP contribution >= 0.6 is 15.9 Å². The molecule has 0 aliphatic carbocycles. The van der Waals surface area contributed by atoms with Crippen LogP contribution in [0.4, 0.5) is 17.6 Å². The van der Waals surface area contributed by atoms with Gasteiger partial charge in [0, 0.05) is 0 Å². The lowest BCUT2D eigenvalue weighted by molar-refractivity contribution is -0.197. The zero-order valence-corrected chi connectivity index (χ0v) is 12.3. The highest BCUT2D eigenvalue weighted by Crippen LogP contribution is 2.26. The molecule has 1 aromatic carbocycles. The topological polar surface area (TPSA) is 80.7 Å². The fraction of sp³-hybridized carbons (Fsp3) is 0.300.